The predicted octanol–water partition coefficient (Wildman–Crippen LogP) is 3.95. The van der Waals surface area contributed by atoms with E-state index in [0.29, 0.717) is 0 Å². The van der Waals surface area contributed by atoms with Crippen LogP contribution in [0.25, 0.3) is 11.3 Å². The SMILES string of the molecule is c1ccc(-c2csc(Nc3ccncc3)n2)cc1. The second-order valence-electron chi connectivity index (χ2n) is 3.76. The maximum absolute atomic E-state index is 4.56. The van der Waals surface area contributed by atoms with Gasteiger partial charge < -0.3 is 5.32 Å². The molecule has 0 unspecified atom stereocenters. The number of nitrogens with zero attached hydrogens (tertiary/aromatic N) is 2. The Kier molecular flexibility index (Phi) is 3.02. The molecule has 0 saturated carbocycles. The van der Waals surface area contributed by atoms with Gasteiger partial charge in [-0.25, -0.2) is 4.98 Å². The van der Waals surface area contributed by atoms with E-state index >= 15 is 0 Å². The van der Waals surface area contributed by atoms with E-state index in [1.54, 1.807) is 23.7 Å². The number of anilines is 2. The number of thiazole rings is 1. The lowest BCUT2D eigenvalue weighted by molar-refractivity contribution is 1.31. The first-order valence-corrected chi connectivity index (χ1v) is 6.48. The molecule has 18 heavy (non-hydrogen) atoms. The standard InChI is InChI=1S/C14H11N3S/c1-2-4-11(5-3-1)13-10-18-14(17-13)16-12-6-8-15-9-7-12/h1-10H,(H,15,16,17). The molecule has 0 aliphatic carbocycles. The number of hydrogen-bond acceptors (Lipinski definition) is 4. The van der Waals surface area contributed by atoms with Gasteiger partial charge in [0.1, 0.15) is 0 Å². The Morgan fingerprint density at radius 2 is 1.72 bits per heavy atom. The van der Waals surface area contributed by atoms with Crippen molar-refractivity contribution in [3.05, 3.63) is 60.2 Å². The van der Waals surface area contributed by atoms with E-state index in [4.69, 9.17) is 0 Å². The summed E-state index contributed by atoms with van der Waals surface area (Å²) in [6.45, 7) is 0. The van der Waals surface area contributed by atoms with E-state index in [0.717, 1.165) is 22.1 Å². The number of pyridine rings is 1. The first-order valence-electron chi connectivity index (χ1n) is 5.60. The van der Waals surface area contributed by atoms with Crippen molar-refractivity contribution in [1.82, 2.24) is 9.97 Å². The molecule has 0 aliphatic rings. The van der Waals surface area contributed by atoms with E-state index < -0.39 is 0 Å². The van der Waals surface area contributed by atoms with E-state index in [-0.39, 0.29) is 0 Å². The van der Waals surface area contributed by atoms with Crippen LogP contribution in [-0.4, -0.2) is 9.97 Å². The molecule has 3 rings (SSSR count). The molecular weight excluding hydrogens is 242 g/mol. The molecule has 1 aromatic carbocycles. The van der Waals surface area contributed by atoms with Crippen molar-refractivity contribution in [2.45, 2.75) is 0 Å². The highest BCUT2D eigenvalue weighted by Crippen LogP contribution is 2.26. The van der Waals surface area contributed by atoms with E-state index in [9.17, 15) is 0 Å². The van der Waals surface area contributed by atoms with Crippen molar-refractivity contribution in [3.8, 4) is 11.3 Å². The molecule has 88 valence electrons. The van der Waals surface area contributed by atoms with Crippen LogP contribution in [0.3, 0.4) is 0 Å². The lowest BCUT2D eigenvalue weighted by Gasteiger charge is -2.00. The summed E-state index contributed by atoms with van der Waals surface area (Å²) >= 11 is 1.60. The van der Waals surface area contributed by atoms with E-state index in [1.807, 2.05) is 30.3 Å². The van der Waals surface area contributed by atoms with Crippen LogP contribution in [0.5, 0.6) is 0 Å². The van der Waals surface area contributed by atoms with Gasteiger partial charge in [-0.15, -0.1) is 11.3 Å². The fraction of sp³-hybridized carbons (Fsp3) is 0. The molecule has 1 N–H and O–H groups in total. The summed E-state index contributed by atoms with van der Waals surface area (Å²) in [6.07, 6.45) is 3.52. The van der Waals surface area contributed by atoms with Crippen LogP contribution in [0.2, 0.25) is 0 Å². The fourth-order valence-electron chi connectivity index (χ4n) is 1.63. The van der Waals surface area contributed by atoms with E-state index in [2.05, 4.69) is 32.8 Å². The molecule has 0 spiro atoms. The fourth-order valence-corrected chi connectivity index (χ4v) is 2.37. The summed E-state index contributed by atoms with van der Waals surface area (Å²) in [5, 5.41) is 6.20. The molecule has 0 fully saturated rings. The smallest absolute Gasteiger partial charge is 0.187 e. The average Bonchev–Trinajstić information content (AvgIpc) is 2.89. The van der Waals surface area contributed by atoms with Gasteiger partial charge >= 0.3 is 0 Å². The Balaban J connectivity index is 1.82. The third-order valence-electron chi connectivity index (χ3n) is 2.51. The summed E-state index contributed by atoms with van der Waals surface area (Å²) in [6, 6.07) is 14.0. The second-order valence-corrected chi connectivity index (χ2v) is 4.62. The summed E-state index contributed by atoms with van der Waals surface area (Å²) in [4.78, 5) is 8.55. The van der Waals surface area contributed by atoms with Gasteiger partial charge in [0.2, 0.25) is 0 Å². The third kappa shape index (κ3) is 2.38. The minimum atomic E-state index is 0.889. The maximum atomic E-state index is 4.56. The predicted molar refractivity (Wildman–Crippen MR) is 75.1 cm³/mol. The molecule has 2 heterocycles. The average molecular weight is 253 g/mol. The van der Waals surface area contributed by atoms with Crippen molar-refractivity contribution in [2.75, 3.05) is 5.32 Å². The monoisotopic (exact) mass is 253 g/mol. The van der Waals surface area contributed by atoms with Crippen LogP contribution in [-0.2, 0) is 0 Å². The summed E-state index contributed by atoms with van der Waals surface area (Å²) in [7, 11) is 0. The van der Waals surface area contributed by atoms with Crippen molar-refractivity contribution in [3.63, 3.8) is 0 Å². The summed E-state index contributed by atoms with van der Waals surface area (Å²) in [5.74, 6) is 0. The highest BCUT2D eigenvalue weighted by Gasteiger charge is 2.03. The highest BCUT2D eigenvalue weighted by molar-refractivity contribution is 7.14. The lowest BCUT2D eigenvalue weighted by Crippen LogP contribution is -1.89. The number of nitrogens with one attached hydrogen (secondary N) is 1. The zero-order valence-electron chi connectivity index (χ0n) is 9.58. The minimum absolute atomic E-state index is 0.889. The molecule has 3 aromatic rings. The van der Waals surface area contributed by atoms with Gasteiger partial charge in [0.15, 0.2) is 5.13 Å². The van der Waals surface area contributed by atoms with Gasteiger partial charge in [-0.3, -0.25) is 4.98 Å². The Bertz CT molecular complexity index is 620. The Morgan fingerprint density at radius 3 is 2.50 bits per heavy atom. The molecule has 3 nitrogen and oxygen atoms in total. The molecule has 4 heteroatoms. The van der Waals surface area contributed by atoms with Gasteiger partial charge in [0.25, 0.3) is 0 Å². The molecule has 2 aromatic heterocycles. The summed E-state index contributed by atoms with van der Waals surface area (Å²) in [5.41, 5.74) is 3.13. The van der Waals surface area contributed by atoms with Gasteiger partial charge in [0, 0.05) is 29.0 Å². The van der Waals surface area contributed by atoms with Gasteiger partial charge in [0.05, 0.1) is 5.69 Å². The van der Waals surface area contributed by atoms with Crippen LogP contribution in [0.1, 0.15) is 0 Å². The lowest BCUT2D eigenvalue weighted by atomic mass is 10.2. The largest absolute Gasteiger partial charge is 0.331 e. The topological polar surface area (TPSA) is 37.8 Å². The van der Waals surface area contributed by atoms with Crippen molar-refractivity contribution < 1.29 is 0 Å². The number of rotatable bonds is 3. The van der Waals surface area contributed by atoms with Crippen LogP contribution in [0, 0.1) is 0 Å². The van der Waals surface area contributed by atoms with Gasteiger partial charge in [-0.1, -0.05) is 30.3 Å². The van der Waals surface area contributed by atoms with Crippen molar-refractivity contribution >= 4 is 22.2 Å². The number of aromatic nitrogens is 2. The Labute approximate surface area is 109 Å². The number of hydrogen-bond donors (Lipinski definition) is 1. The quantitative estimate of drug-likeness (QED) is 0.768. The first-order chi connectivity index (χ1) is 8.92. The maximum Gasteiger partial charge on any atom is 0.187 e. The molecule has 0 aliphatic heterocycles. The van der Waals surface area contributed by atoms with E-state index in [1.165, 1.54) is 0 Å². The van der Waals surface area contributed by atoms with Crippen molar-refractivity contribution in [2.24, 2.45) is 0 Å². The first kappa shape index (κ1) is 10.9. The van der Waals surface area contributed by atoms with Gasteiger partial charge in [-0.2, -0.15) is 0 Å². The molecule has 0 radical (unpaired) electrons. The number of benzene rings is 1. The normalized spacial score (nSPS) is 10.2. The molecule has 0 atom stereocenters. The van der Waals surface area contributed by atoms with Crippen LogP contribution in [0.15, 0.2) is 60.2 Å². The zero-order valence-corrected chi connectivity index (χ0v) is 10.4. The Morgan fingerprint density at radius 1 is 0.944 bits per heavy atom. The third-order valence-corrected chi connectivity index (χ3v) is 3.26. The zero-order chi connectivity index (χ0) is 12.2. The van der Waals surface area contributed by atoms with Crippen LogP contribution >= 0.6 is 11.3 Å². The minimum Gasteiger partial charge on any atom is -0.331 e. The Hall–Kier alpha value is -2.20. The van der Waals surface area contributed by atoms with Crippen molar-refractivity contribution in [1.29, 1.82) is 0 Å². The van der Waals surface area contributed by atoms with Crippen LogP contribution < -0.4 is 5.32 Å². The molecule has 0 amide bonds. The molecule has 0 bridgehead atoms. The van der Waals surface area contributed by atoms with Crippen LogP contribution in [0.4, 0.5) is 10.8 Å². The summed E-state index contributed by atoms with van der Waals surface area (Å²) < 4.78 is 0. The van der Waals surface area contributed by atoms with Gasteiger partial charge in [-0.05, 0) is 12.1 Å². The highest BCUT2D eigenvalue weighted by atomic mass is 32.1. The second kappa shape index (κ2) is 4.98. The molecular formula is C14H11N3S. The molecule has 0 saturated heterocycles.